The molecule has 0 spiro atoms. The van der Waals surface area contributed by atoms with Gasteiger partial charge in [-0.15, -0.1) is 0 Å². The minimum atomic E-state index is -0.787. The van der Waals surface area contributed by atoms with Crippen LogP contribution in [0.1, 0.15) is 31.9 Å². The lowest BCUT2D eigenvalue weighted by Gasteiger charge is -2.21. The van der Waals surface area contributed by atoms with Crippen LogP contribution in [0.3, 0.4) is 0 Å². The van der Waals surface area contributed by atoms with Gasteiger partial charge in [0.15, 0.2) is 12.2 Å². The van der Waals surface area contributed by atoms with Crippen LogP contribution in [0, 0.1) is 0 Å². The molecule has 1 aliphatic heterocycles. The van der Waals surface area contributed by atoms with Crippen molar-refractivity contribution in [3.63, 3.8) is 0 Å². The van der Waals surface area contributed by atoms with Crippen LogP contribution in [-0.2, 0) is 23.2 Å². The highest BCUT2D eigenvalue weighted by Gasteiger charge is 2.50. The van der Waals surface area contributed by atoms with Gasteiger partial charge in [0.2, 0.25) is 5.91 Å². The number of nitrogens with one attached hydrogen (secondary N) is 2. The topological polar surface area (TPSA) is 112 Å². The number of benzene rings is 1. The molecule has 1 atom stereocenters. The number of amides is 2. The number of ether oxygens (including phenoxy) is 1. The second kappa shape index (κ2) is 8.50. The number of H-pyrrole nitrogens is 1. The second-order valence-corrected chi connectivity index (χ2v) is 7.93. The summed E-state index contributed by atoms with van der Waals surface area (Å²) in [5.41, 5.74) is 0.370. The highest BCUT2D eigenvalue weighted by Crippen LogP contribution is 2.34. The third-order valence-electron chi connectivity index (χ3n) is 5.33. The molecule has 2 heterocycles. The van der Waals surface area contributed by atoms with Crippen molar-refractivity contribution in [1.82, 2.24) is 15.1 Å². The van der Waals surface area contributed by atoms with Crippen molar-refractivity contribution >= 4 is 34.8 Å². The summed E-state index contributed by atoms with van der Waals surface area (Å²) >= 11 is 5.55. The minimum Gasteiger partial charge on any atom is -0.494 e. The fourth-order valence-electron chi connectivity index (χ4n) is 3.59. The summed E-state index contributed by atoms with van der Waals surface area (Å²) in [7, 11) is 1.63. The predicted octanol–water partition coefficient (Wildman–Crippen LogP) is 0.680. The molecule has 0 radical (unpaired) electrons. The monoisotopic (exact) mass is 446 g/mol. The molecule has 1 saturated heterocycles. The van der Waals surface area contributed by atoms with Gasteiger partial charge in [0.05, 0.1) is 13.0 Å². The quantitative estimate of drug-likeness (QED) is 0.453. The Morgan fingerprint density at radius 2 is 2.03 bits per heavy atom. The summed E-state index contributed by atoms with van der Waals surface area (Å²) in [5.74, 6) is 0.177. The molecule has 2 aliphatic rings. The zero-order valence-corrected chi connectivity index (χ0v) is 18.1. The van der Waals surface area contributed by atoms with Crippen LogP contribution in [-0.4, -0.2) is 50.7 Å². The first-order valence-electron chi connectivity index (χ1n) is 10.1. The molecule has 4 rings (SSSR count). The number of hydrogen-bond acceptors (Lipinski definition) is 6. The molecule has 0 bridgehead atoms. The molecule has 10 nitrogen and oxygen atoms in total. The molecule has 1 unspecified atom stereocenters. The van der Waals surface area contributed by atoms with Gasteiger partial charge in [0.1, 0.15) is 18.3 Å². The molecule has 2 amide bonds. The van der Waals surface area contributed by atoms with Crippen LogP contribution in [0.2, 0.25) is 0 Å². The molecule has 1 aromatic heterocycles. The predicted molar refractivity (Wildman–Crippen MR) is 113 cm³/mol. The van der Waals surface area contributed by atoms with Crippen molar-refractivity contribution in [2.75, 3.05) is 11.9 Å². The van der Waals surface area contributed by atoms with Crippen LogP contribution >= 0.6 is 12.2 Å². The molecular weight excluding hydrogens is 422 g/mol. The number of aromatic nitrogens is 2. The zero-order chi connectivity index (χ0) is 22.1. The summed E-state index contributed by atoms with van der Waals surface area (Å²) in [4.78, 5) is 41.1. The van der Waals surface area contributed by atoms with Crippen molar-refractivity contribution in [3.8, 4) is 5.75 Å². The number of aryl methyl sites for hydroxylation is 1. The lowest BCUT2D eigenvalue weighted by Crippen LogP contribution is -2.44. The van der Waals surface area contributed by atoms with E-state index in [2.05, 4.69) is 10.6 Å². The molecule has 2 fully saturated rings. The molecule has 1 aromatic carbocycles. The molecule has 1 saturated carbocycles. The highest BCUT2D eigenvalue weighted by atomic mass is 32.1. The fourth-order valence-corrected chi connectivity index (χ4v) is 4.02. The van der Waals surface area contributed by atoms with E-state index in [1.165, 1.54) is 4.68 Å². The van der Waals surface area contributed by atoms with Gasteiger partial charge in [-0.05, 0) is 61.5 Å². The van der Waals surface area contributed by atoms with E-state index in [-0.39, 0.29) is 30.8 Å². The summed E-state index contributed by atoms with van der Waals surface area (Å²) < 4.78 is 11.6. The van der Waals surface area contributed by atoms with Crippen LogP contribution in [0.4, 0.5) is 5.69 Å². The molecule has 1 aliphatic carbocycles. The number of aromatic amines is 1. The largest absolute Gasteiger partial charge is 0.494 e. The summed E-state index contributed by atoms with van der Waals surface area (Å²) in [6, 6.07) is 6.29. The molecule has 2 N–H and O–H groups in total. The average Bonchev–Trinajstić information content (AvgIpc) is 3.48. The lowest BCUT2D eigenvalue weighted by atomic mass is 10.1. The Labute approximate surface area is 183 Å². The van der Waals surface area contributed by atoms with Gasteiger partial charge in [-0.25, -0.2) is 4.79 Å². The first-order chi connectivity index (χ1) is 14.9. The Morgan fingerprint density at radius 1 is 1.32 bits per heavy atom. The van der Waals surface area contributed by atoms with Gasteiger partial charge in [-0.1, -0.05) is 4.68 Å². The van der Waals surface area contributed by atoms with Crippen LogP contribution in [0.5, 0.6) is 5.75 Å². The first-order valence-corrected chi connectivity index (χ1v) is 10.5. The number of nitrogens with zero attached hydrogens (tertiary/aromatic N) is 3. The van der Waals surface area contributed by atoms with Crippen molar-refractivity contribution in [2.24, 2.45) is 7.05 Å². The number of rotatable bonds is 8. The van der Waals surface area contributed by atoms with Crippen LogP contribution in [0.15, 0.2) is 33.6 Å². The maximum Gasteiger partial charge on any atom is 0.431 e. The fraction of sp³-hybridized carbons (Fsp3) is 0.450. The summed E-state index contributed by atoms with van der Waals surface area (Å²) in [6.07, 6.45) is 1.67. The Kier molecular flexibility index (Phi) is 5.77. The summed E-state index contributed by atoms with van der Waals surface area (Å²) in [6.45, 7) is 2.52. The van der Waals surface area contributed by atoms with Gasteiger partial charge in [0, 0.05) is 11.7 Å². The van der Waals surface area contributed by atoms with Gasteiger partial charge >= 0.3 is 11.3 Å². The SMILES string of the molecule is CCOc1ccc(NC(=O)CC2C(=O)N(C3CC3)C(=S)N2Cc2c(=O)o[nH][n+]2C)cc1. The lowest BCUT2D eigenvalue weighted by molar-refractivity contribution is -0.746. The van der Waals surface area contributed by atoms with E-state index >= 15 is 0 Å². The van der Waals surface area contributed by atoms with Crippen molar-refractivity contribution in [2.45, 2.75) is 44.8 Å². The van der Waals surface area contributed by atoms with Crippen molar-refractivity contribution in [3.05, 3.63) is 40.4 Å². The maximum atomic E-state index is 13.1. The van der Waals surface area contributed by atoms with E-state index in [0.717, 1.165) is 12.8 Å². The number of hydrogen-bond donors (Lipinski definition) is 2. The molecule has 31 heavy (non-hydrogen) atoms. The first kappa shape index (κ1) is 21.0. The molecule has 2 aromatic rings. The Hall–Kier alpha value is -3.21. The number of thiocarbonyl (C=S) groups is 1. The minimum absolute atomic E-state index is 0.0666. The van der Waals surface area contributed by atoms with E-state index in [4.69, 9.17) is 21.5 Å². The van der Waals surface area contributed by atoms with Gasteiger partial charge < -0.3 is 15.0 Å². The number of carbonyl (C=O) groups is 2. The molecule has 11 heteroatoms. The van der Waals surface area contributed by atoms with Gasteiger partial charge in [-0.2, -0.15) is 0 Å². The van der Waals surface area contributed by atoms with E-state index in [1.807, 2.05) is 6.92 Å². The van der Waals surface area contributed by atoms with Crippen LogP contribution in [0.25, 0.3) is 0 Å². The zero-order valence-electron chi connectivity index (χ0n) is 17.3. The van der Waals surface area contributed by atoms with E-state index in [0.29, 0.717) is 28.9 Å². The van der Waals surface area contributed by atoms with Crippen molar-refractivity contribution < 1.29 is 23.5 Å². The number of carbonyl (C=O) groups excluding carboxylic acids is 2. The maximum absolute atomic E-state index is 13.1. The summed E-state index contributed by atoms with van der Waals surface area (Å²) in [5, 5.41) is 5.60. The van der Waals surface area contributed by atoms with E-state index in [1.54, 1.807) is 41.1 Å². The molecular formula is C20H24N5O5S+. The second-order valence-electron chi connectivity index (χ2n) is 7.56. The highest BCUT2D eigenvalue weighted by molar-refractivity contribution is 7.80. The Morgan fingerprint density at radius 3 is 2.61 bits per heavy atom. The normalized spacial score (nSPS) is 18.6. The number of anilines is 1. The average molecular weight is 447 g/mol. The standard InChI is InChI=1S/C20H23N5O5S/c1-3-29-14-8-4-12(5-9-14)21-17(26)10-15-18(27)25(13-6-7-13)20(31)24(15)11-16-19(28)30-22-23(16)2/h4-5,8-9,13,15H,3,6-7,10-11H2,1-2H3,(H-,21,22,26,28)/p+1. The van der Waals surface area contributed by atoms with Gasteiger partial charge in [0.25, 0.3) is 5.91 Å². The Bertz CT molecular complexity index is 1060. The van der Waals surface area contributed by atoms with E-state index < -0.39 is 11.7 Å². The van der Waals surface area contributed by atoms with Gasteiger partial charge in [-0.3, -0.25) is 19.0 Å². The third kappa shape index (κ3) is 4.31. The molecule has 164 valence electrons. The smallest absolute Gasteiger partial charge is 0.431 e. The third-order valence-corrected chi connectivity index (χ3v) is 5.76. The Balaban J connectivity index is 1.50. The van der Waals surface area contributed by atoms with Crippen molar-refractivity contribution in [1.29, 1.82) is 0 Å². The van der Waals surface area contributed by atoms with E-state index in [9.17, 15) is 14.4 Å². The van der Waals surface area contributed by atoms with Crippen LogP contribution < -0.4 is 20.4 Å².